The molecule has 1 aliphatic heterocycles. The fourth-order valence-corrected chi connectivity index (χ4v) is 4.33. The minimum absolute atomic E-state index is 0.0980. The lowest BCUT2D eigenvalue weighted by Gasteiger charge is -2.25. The molecule has 1 aliphatic rings. The number of carbonyl (C=O) groups excluding carboxylic acids is 2. The number of aliphatic hydroxyl groups is 1. The fourth-order valence-electron chi connectivity index (χ4n) is 4.33. The van der Waals surface area contributed by atoms with E-state index in [2.05, 4.69) is 13.8 Å². The molecule has 0 aromatic heterocycles. The molecule has 0 saturated carbocycles. The summed E-state index contributed by atoms with van der Waals surface area (Å²) in [5.41, 5.74) is 3.41. The minimum atomic E-state index is -0.689. The molecule has 0 radical (unpaired) electrons. The number of carbonyl (C=O) groups is 2. The van der Waals surface area contributed by atoms with Crippen molar-refractivity contribution in [1.82, 2.24) is 4.90 Å². The van der Waals surface area contributed by atoms with Gasteiger partial charge >= 0.3 is 0 Å². The zero-order chi connectivity index (χ0) is 24.8. The molecule has 5 nitrogen and oxygen atoms in total. The Morgan fingerprint density at radius 2 is 1.66 bits per heavy atom. The quantitative estimate of drug-likeness (QED) is 0.179. The molecule has 1 fully saturated rings. The van der Waals surface area contributed by atoms with E-state index in [4.69, 9.17) is 4.74 Å². The highest BCUT2D eigenvalue weighted by molar-refractivity contribution is 6.46. The number of unbranched alkanes of at least 4 members (excludes halogenated alkanes) is 1. The predicted octanol–water partition coefficient (Wildman–Crippen LogP) is 6.05. The number of rotatable bonds is 9. The lowest BCUT2D eigenvalue weighted by atomic mass is 9.94. The van der Waals surface area contributed by atoms with Gasteiger partial charge < -0.3 is 14.7 Å². The van der Waals surface area contributed by atoms with Crippen LogP contribution in [0.2, 0.25) is 0 Å². The van der Waals surface area contributed by atoms with Crippen LogP contribution in [0.3, 0.4) is 0 Å². The van der Waals surface area contributed by atoms with E-state index in [0.717, 1.165) is 36.0 Å². The smallest absolute Gasteiger partial charge is 0.295 e. The van der Waals surface area contributed by atoms with E-state index in [0.29, 0.717) is 17.9 Å². The Balaban J connectivity index is 1.78. The first-order chi connectivity index (χ1) is 17.0. The fraction of sp³-hybridized carbons (Fsp3) is 0.267. The number of amides is 1. The highest BCUT2D eigenvalue weighted by atomic mass is 16.5. The molecule has 0 aliphatic carbocycles. The topological polar surface area (TPSA) is 66.8 Å². The van der Waals surface area contributed by atoms with Crippen molar-refractivity contribution in [1.29, 1.82) is 0 Å². The van der Waals surface area contributed by atoms with Crippen LogP contribution in [0.4, 0.5) is 0 Å². The molecular formula is C30H31NO4. The first kappa shape index (κ1) is 24.3. The summed E-state index contributed by atoms with van der Waals surface area (Å²) in [6.07, 6.45) is 2.82. The number of hydrogen-bond donors (Lipinski definition) is 1. The van der Waals surface area contributed by atoms with Crippen LogP contribution in [-0.4, -0.2) is 28.3 Å². The van der Waals surface area contributed by atoms with Gasteiger partial charge in [0, 0.05) is 12.1 Å². The van der Waals surface area contributed by atoms with Gasteiger partial charge in [-0.15, -0.1) is 0 Å². The Morgan fingerprint density at radius 1 is 0.914 bits per heavy atom. The van der Waals surface area contributed by atoms with Gasteiger partial charge in [0.2, 0.25) is 0 Å². The molecule has 35 heavy (non-hydrogen) atoms. The predicted molar refractivity (Wildman–Crippen MR) is 137 cm³/mol. The SMILES string of the molecule is CCCCOc1cccc(/C(O)=C2\C(=O)C(=O)N(Cc3ccccc3)C2c2ccc(CC)cc2)c1. The van der Waals surface area contributed by atoms with Gasteiger partial charge in [-0.05, 0) is 41.7 Å². The molecule has 180 valence electrons. The third kappa shape index (κ3) is 5.29. The maximum Gasteiger partial charge on any atom is 0.295 e. The summed E-state index contributed by atoms with van der Waals surface area (Å²) in [5.74, 6) is -0.870. The van der Waals surface area contributed by atoms with Crippen molar-refractivity contribution in [2.45, 2.75) is 45.7 Å². The van der Waals surface area contributed by atoms with Crippen LogP contribution in [-0.2, 0) is 22.6 Å². The Hall–Kier alpha value is -3.86. The second kappa shape index (κ2) is 11.0. The second-order valence-electron chi connectivity index (χ2n) is 8.74. The minimum Gasteiger partial charge on any atom is -0.507 e. The monoisotopic (exact) mass is 469 g/mol. The Kier molecular flexibility index (Phi) is 7.66. The lowest BCUT2D eigenvalue weighted by molar-refractivity contribution is -0.140. The van der Waals surface area contributed by atoms with Crippen LogP contribution in [0.15, 0.2) is 84.4 Å². The van der Waals surface area contributed by atoms with Gasteiger partial charge in [-0.2, -0.15) is 0 Å². The van der Waals surface area contributed by atoms with E-state index >= 15 is 0 Å². The Bertz CT molecular complexity index is 1210. The van der Waals surface area contributed by atoms with Crippen LogP contribution in [0.5, 0.6) is 5.75 Å². The van der Waals surface area contributed by atoms with Crippen molar-refractivity contribution in [3.63, 3.8) is 0 Å². The number of hydrogen-bond acceptors (Lipinski definition) is 4. The molecule has 3 aromatic carbocycles. The van der Waals surface area contributed by atoms with Gasteiger partial charge in [0.05, 0.1) is 18.2 Å². The molecule has 1 heterocycles. The zero-order valence-electron chi connectivity index (χ0n) is 20.2. The van der Waals surface area contributed by atoms with Crippen molar-refractivity contribution >= 4 is 17.4 Å². The number of aliphatic hydroxyl groups excluding tert-OH is 1. The summed E-state index contributed by atoms with van der Waals surface area (Å²) in [4.78, 5) is 28.0. The summed E-state index contributed by atoms with van der Waals surface area (Å²) in [7, 11) is 0. The molecule has 1 unspecified atom stereocenters. The maximum absolute atomic E-state index is 13.3. The summed E-state index contributed by atoms with van der Waals surface area (Å²) in [6, 6.07) is 23.8. The number of ether oxygens (including phenoxy) is 1. The van der Waals surface area contributed by atoms with E-state index in [1.165, 1.54) is 0 Å². The average molecular weight is 470 g/mol. The van der Waals surface area contributed by atoms with Gasteiger partial charge in [0.25, 0.3) is 11.7 Å². The highest BCUT2D eigenvalue weighted by Gasteiger charge is 2.46. The van der Waals surface area contributed by atoms with E-state index in [1.807, 2.05) is 60.7 Å². The average Bonchev–Trinajstić information content (AvgIpc) is 3.14. The summed E-state index contributed by atoms with van der Waals surface area (Å²) >= 11 is 0. The highest BCUT2D eigenvalue weighted by Crippen LogP contribution is 2.40. The normalized spacial score (nSPS) is 17.1. The summed E-state index contributed by atoms with van der Waals surface area (Å²) < 4.78 is 5.79. The molecule has 1 saturated heterocycles. The first-order valence-electron chi connectivity index (χ1n) is 12.2. The molecule has 4 rings (SSSR count). The van der Waals surface area contributed by atoms with Crippen molar-refractivity contribution in [3.8, 4) is 5.75 Å². The van der Waals surface area contributed by atoms with E-state index < -0.39 is 17.7 Å². The van der Waals surface area contributed by atoms with Crippen molar-refractivity contribution in [2.24, 2.45) is 0 Å². The van der Waals surface area contributed by atoms with Crippen LogP contribution >= 0.6 is 0 Å². The van der Waals surface area contributed by atoms with E-state index in [1.54, 1.807) is 23.1 Å². The molecule has 5 heteroatoms. The molecule has 1 atom stereocenters. The van der Waals surface area contributed by atoms with Crippen molar-refractivity contribution in [2.75, 3.05) is 6.61 Å². The van der Waals surface area contributed by atoms with Crippen molar-refractivity contribution in [3.05, 3.63) is 107 Å². The third-order valence-electron chi connectivity index (χ3n) is 6.31. The molecule has 1 N–H and O–H groups in total. The number of nitrogens with zero attached hydrogens (tertiary/aromatic N) is 1. The van der Waals surface area contributed by atoms with Crippen molar-refractivity contribution < 1.29 is 19.4 Å². The van der Waals surface area contributed by atoms with E-state index in [-0.39, 0.29) is 17.9 Å². The van der Waals surface area contributed by atoms with Crippen LogP contribution < -0.4 is 4.74 Å². The summed E-state index contributed by atoms with van der Waals surface area (Å²) in [5, 5.41) is 11.3. The van der Waals surface area contributed by atoms with Crippen LogP contribution in [0, 0.1) is 0 Å². The van der Waals surface area contributed by atoms with Gasteiger partial charge in [-0.3, -0.25) is 9.59 Å². The first-order valence-corrected chi connectivity index (χ1v) is 12.2. The van der Waals surface area contributed by atoms with Crippen LogP contribution in [0.25, 0.3) is 5.76 Å². The van der Waals surface area contributed by atoms with Gasteiger partial charge in [0.15, 0.2) is 0 Å². The largest absolute Gasteiger partial charge is 0.507 e. The maximum atomic E-state index is 13.3. The number of ketones is 1. The van der Waals surface area contributed by atoms with Gasteiger partial charge in [0.1, 0.15) is 11.5 Å². The molecule has 0 spiro atoms. The standard InChI is InChI=1S/C30H31NO4/c1-3-5-18-35-25-13-9-12-24(19-25)28(32)26-27(23-16-14-21(4-2)15-17-23)31(30(34)29(26)33)20-22-10-7-6-8-11-22/h6-17,19,27,32H,3-5,18,20H2,1-2H3/b28-26+. The Morgan fingerprint density at radius 3 is 2.34 bits per heavy atom. The van der Waals surface area contributed by atoms with Gasteiger partial charge in [-0.1, -0.05) is 87.0 Å². The van der Waals surface area contributed by atoms with Gasteiger partial charge in [-0.25, -0.2) is 0 Å². The summed E-state index contributed by atoms with van der Waals surface area (Å²) in [6.45, 7) is 5.01. The number of aryl methyl sites for hydroxylation is 1. The molecule has 3 aromatic rings. The zero-order valence-corrected chi connectivity index (χ0v) is 20.2. The third-order valence-corrected chi connectivity index (χ3v) is 6.31. The van der Waals surface area contributed by atoms with E-state index in [9.17, 15) is 14.7 Å². The molecule has 0 bridgehead atoms. The lowest BCUT2D eigenvalue weighted by Crippen LogP contribution is -2.29. The number of likely N-dealkylation sites (tertiary alicyclic amines) is 1. The number of Topliss-reactive ketones (excluding diaryl/α,β-unsaturated/α-hetero) is 1. The molecular weight excluding hydrogens is 438 g/mol. The molecule has 1 amide bonds. The van der Waals surface area contributed by atoms with Crippen LogP contribution in [0.1, 0.15) is 55.0 Å². The number of benzene rings is 3. The second-order valence-corrected chi connectivity index (χ2v) is 8.74. The Labute approximate surface area is 206 Å².